The van der Waals surface area contributed by atoms with E-state index in [0.717, 1.165) is 6.42 Å². The Balaban J connectivity index is 2.77. The van der Waals surface area contributed by atoms with Crippen molar-refractivity contribution in [2.24, 2.45) is 0 Å². The molecule has 0 saturated heterocycles. The molecule has 21 heavy (non-hydrogen) atoms. The maximum absolute atomic E-state index is 13.9. The molecule has 1 aromatic rings. The van der Waals surface area contributed by atoms with Crippen LogP contribution in [0.5, 0.6) is 0 Å². The van der Waals surface area contributed by atoms with E-state index in [-0.39, 0.29) is 6.79 Å². The lowest BCUT2D eigenvalue weighted by Crippen LogP contribution is -2.32. The van der Waals surface area contributed by atoms with Gasteiger partial charge in [0.15, 0.2) is 0 Å². The van der Waals surface area contributed by atoms with Crippen LogP contribution in [0.2, 0.25) is 0 Å². The van der Waals surface area contributed by atoms with Gasteiger partial charge >= 0.3 is 6.09 Å². The summed E-state index contributed by atoms with van der Waals surface area (Å²) >= 11 is 0. The third-order valence-electron chi connectivity index (χ3n) is 2.82. The Labute approximate surface area is 124 Å². The topological polar surface area (TPSA) is 56.8 Å². The van der Waals surface area contributed by atoms with Crippen LogP contribution in [0.3, 0.4) is 0 Å². The van der Waals surface area contributed by atoms with Crippen LogP contribution in [-0.4, -0.2) is 32.6 Å². The van der Waals surface area contributed by atoms with Crippen LogP contribution in [0.15, 0.2) is 24.3 Å². The third kappa shape index (κ3) is 5.69. The summed E-state index contributed by atoms with van der Waals surface area (Å²) in [4.78, 5) is 11.6. The Hall–Kier alpha value is -1.66. The first-order valence-corrected chi connectivity index (χ1v) is 6.89. The normalized spacial score (nSPS) is 13.5. The van der Waals surface area contributed by atoms with Gasteiger partial charge in [0.25, 0.3) is 0 Å². The summed E-state index contributed by atoms with van der Waals surface area (Å²) < 4.78 is 29.4. The number of hydrogen-bond donors (Lipinski definition) is 1. The van der Waals surface area contributed by atoms with Crippen LogP contribution >= 0.6 is 0 Å². The molecule has 1 N–H and O–H groups in total. The number of carbonyl (C=O) groups excluding carboxylic acids is 1. The highest BCUT2D eigenvalue weighted by atomic mass is 19.1. The van der Waals surface area contributed by atoms with Crippen molar-refractivity contribution in [1.29, 1.82) is 0 Å². The summed E-state index contributed by atoms with van der Waals surface area (Å²) in [5.74, 6) is -0.414. The van der Waals surface area contributed by atoms with Gasteiger partial charge in [0.2, 0.25) is 0 Å². The molecule has 0 aliphatic carbocycles. The fourth-order valence-electron chi connectivity index (χ4n) is 1.82. The number of alkyl carbamates (subject to hydrolysis) is 1. The molecule has 5 nitrogen and oxygen atoms in total. The van der Waals surface area contributed by atoms with Gasteiger partial charge in [-0.05, 0) is 19.4 Å². The molecule has 1 aromatic carbocycles. The van der Waals surface area contributed by atoms with Crippen molar-refractivity contribution in [3.05, 3.63) is 35.6 Å². The number of benzene rings is 1. The minimum Gasteiger partial charge on any atom is -0.443 e. The van der Waals surface area contributed by atoms with Crippen molar-refractivity contribution in [1.82, 2.24) is 5.32 Å². The lowest BCUT2D eigenvalue weighted by Gasteiger charge is -2.24. The van der Waals surface area contributed by atoms with Gasteiger partial charge in [0.1, 0.15) is 24.8 Å². The first-order valence-electron chi connectivity index (χ1n) is 6.89. The minimum atomic E-state index is -0.737. The summed E-state index contributed by atoms with van der Waals surface area (Å²) in [6, 6.07) is 6.22. The van der Waals surface area contributed by atoms with Gasteiger partial charge in [-0.1, -0.05) is 25.1 Å². The molecule has 0 fully saturated rings. The summed E-state index contributed by atoms with van der Waals surface area (Å²) in [5, 5.41) is 2.60. The molecular formula is C15H22FNO4. The van der Waals surface area contributed by atoms with Gasteiger partial charge in [0.05, 0.1) is 0 Å². The fraction of sp³-hybridized carbons (Fsp3) is 0.533. The van der Waals surface area contributed by atoms with Crippen LogP contribution in [-0.2, 0) is 14.2 Å². The smallest absolute Gasteiger partial charge is 0.407 e. The van der Waals surface area contributed by atoms with E-state index in [4.69, 9.17) is 14.2 Å². The molecule has 0 aliphatic heterocycles. The Morgan fingerprint density at radius 1 is 1.38 bits per heavy atom. The summed E-state index contributed by atoms with van der Waals surface area (Å²) in [6.45, 7) is 4.09. The zero-order chi connectivity index (χ0) is 15.7. The van der Waals surface area contributed by atoms with Gasteiger partial charge in [-0.25, -0.2) is 9.18 Å². The number of amides is 1. The quantitative estimate of drug-likeness (QED) is 0.750. The molecule has 1 amide bonds. The van der Waals surface area contributed by atoms with Crippen LogP contribution in [0.1, 0.15) is 31.9 Å². The van der Waals surface area contributed by atoms with E-state index >= 15 is 0 Å². The molecule has 0 radical (unpaired) electrons. The zero-order valence-electron chi connectivity index (χ0n) is 12.6. The molecule has 1 rings (SSSR count). The van der Waals surface area contributed by atoms with Crippen LogP contribution in [0.4, 0.5) is 9.18 Å². The number of rotatable bonds is 8. The van der Waals surface area contributed by atoms with Gasteiger partial charge in [-0.3, -0.25) is 0 Å². The molecule has 0 spiro atoms. The third-order valence-corrected chi connectivity index (χ3v) is 2.82. The number of nitrogens with one attached hydrogen (secondary N) is 1. The summed E-state index contributed by atoms with van der Waals surface area (Å²) in [5.41, 5.74) is 0.324. The Bertz CT molecular complexity index is 441. The average molecular weight is 299 g/mol. The zero-order valence-corrected chi connectivity index (χ0v) is 12.6. The summed E-state index contributed by atoms with van der Waals surface area (Å²) in [7, 11) is 1.47. The second kappa shape index (κ2) is 9.31. The molecular weight excluding hydrogens is 277 g/mol. The first kappa shape index (κ1) is 17.4. The second-order valence-electron chi connectivity index (χ2n) is 4.55. The van der Waals surface area contributed by atoms with E-state index in [1.165, 1.54) is 13.2 Å². The number of hydrogen-bond acceptors (Lipinski definition) is 4. The van der Waals surface area contributed by atoms with Crippen LogP contribution < -0.4 is 5.32 Å². The first-order chi connectivity index (χ1) is 10.1. The van der Waals surface area contributed by atoms with Crippen molar-refractivity contribution in [3.63, 3.8) is 0 Å². The average Bonchev–Trinajstić information content (AvgIpc) is 2.47. The van der Waals surface area contributed by atoms with E-state index in [2.05, 4.69) is 5.32 Å². The highest BCUT2D eigenvalue weighted by Crippen LogP contribution is 2.26. The standard InChI is InChI=1S/C15H22FNO4/c1-4-9-17-15(18)21-11(2)14(20-10-19-3)12-7-5-6-8-13(12)16/h5-8,11,14H,4,9-10H2,1-3H3,(H,17,18)/t11-,14+/m0/s1. The number of ether oxygens (including phenoxy) is 3. The van der Waals surface area contributed by atoms with Gasteiger partial charge in [-0.15, -0.1) is 0 Å². The van der Waals surface area contributed by atoms with Gasteiger partial charge < -0.3 is 19.5 Å². The lowest BCUT2D eigenvalue weighted by molar-refractivity contribution is -0.113. The minimum absolute atomic E-state index is 0.0245. The van der Waals surface area contributed by atoms with Crippen molar-refractivity contribution >= 4 is 6.09 Å². The second-order valence-corrected chi connectivity index (χ2v) is 4.55. The maximum atomic E-state index is 13.9. The monoisotopic (exact) mass is 299 g/mol. The van der Waals surface area contributed by atoms with Gasteiger partial charge in [0, 0.05) is 19.2 Å². The molecule has 0 heterocycles. The Kier molecular flexibility index (Phi) is 7.71. The van der Waals surface area contributed by atoms with E-state index in [1.54, 1.807) is 25.1 Å². The van der Waals surface area contributed by atoms with E-state index in [0.29, 0.717) is 12.1 Å². The van der Waals surface area contributed by atoms with E-state index < -0.39 is 24.1 Å². The number of halogens is 1. The molecule has 0 bridgehead atoms. The molecule has 0 unspecified atom stereocenters. The predicted molar refractivity (Wildman–Crippen MR) is 76.3 cm³/mol. The highest BCUT2D eigenvalue weighted by molar-refractivity contribution is 5.67. The molecule has 2 atom stereocenters. The molecule has 0 aromatic heterocycles. The van der Waals surface area contributed by atoms with Crippen molar-refractivity contribution in [3.8, 4) is 0 Å². The lowest BCUT2D eigenvalue weighted by atomic mass is 10.0. The molecule has 0 aliphatic rings. The van der Waals surface area contributed by atoms with Crippen LogP contribution in [0, 0.1) is 5.82 Å². The maximum Gasteiger partial charge on any atom is 0.407 e. The number of carbonyl (C=O) groups is 1. The Morgan fingerprint density at radius 2 is 2.10 bits per heavy atom. The summed E-state index contributed by atoms with van der Waals surface area (Å²) in [6.07, 6.45) is -1.14. The van der Waals surface area contributed by atoms with Crippen molar-refractivity contribution < 1.29 is 23.4 Å². The Morgan fingerprint density at radius 3 is 2.71 bits per heavy atom. The molecule has 118 valence electrons. The molecule has 0 saturated carbocycles. The molecule has 6 heteroatoms. The fourth-order valence-corrected chi connectivity index (χ4v) is 1.82. The SMILES string of the molecule is CCCNC(=O)O[C@@H](C)[C@@H](OCOC)c1ccccc1F. The highest BCUT2D eigenvalue weighted by Gasteiger charge is 2.26. The van der Waals surface area contributed by atoms with E-state index in [9.17, 15) is 9.18 Å². The van der Waals surface area contributed by atoms with Crippen molar-refractivity contribution in [2.75, 3.05) is 20.4 Å². The largest absolute Gasteiger partial charge is 0.443 e. The van der Waals surface area contributed by atoms with Gasteiger partial charge in [-0.2, -0.15) is 0 Å². The number of methoxy groups -OCH3 is 1. The van der Waals surface area contributed by atoms with Crippen molar-refractivity contribution in [2.45, 2.75) is 32.5 Å². The van der Waals surface area contributed by atoms with E-state index in [1.807, 2.05) is 6.92 Å². The predicted octanol–water partition coefficient (Wildman–Crippen LogP) is 3.01. The van der Waals surface area contributed by atoms with Crippen LogP contribution in [0.25, 0.3) is 0 Å².